The Balaban J connectivity index is 2.33. The third kappa shape index (κ3) is 1.05. The van der Waals surface area contributed by atoms with Crippen molar-refractivity contribution in [1.82, 2.24) is 0 Å². The first-order chi connectivity index (χ1) is 5.77. The molecule has 0 saturated heterocycles. The summed E-state index contributed by atoms with van der Waals surface area (Å²) < 4.78 is 0. The van der Waals surface area contributed by atoms with E-state index < -0.39 is 0 Å². The molecule has 0 aromatic carbocycles. The molecule has 0 fully saturated rings. The van der Waals surface area contributed by atoms with E-state index in [9.17, 15) is 5.11 Å². The smallest absolute Gasteiger partial charge is 0.111 e. The Labute approximate surface area is 71.4 Å². The van der Waals surface area contributed by atoms with Crippen LogP contribution in [0.5, 0.6) is 0 Å². The number of hydrogen-bond donors (Lipinski definition) is 2. The lowest BCUT2D eigenvalue weighted by Gasteiger charge is -2.24. The summed E-state index contributed by atoms with van der Waals surface area (Å²) in [7, 11) is 0. The van der Waals surface area contributed by atoms with Gasteiger partial charge >= 0.3 is 0 Å². The van der Waals surface area contributed by atoms with E-state index in [0.29, 0.717) is 5.76 Å². The van der Waals surface area contributed by atoms with Gasteiger partial charge in [-0.1, -0.05) is 18.2 Å². The molecule has 2 unspecified atom stereocenters. The van der Waals surface area contributed by atoms with Crippen LogP contribution in [0.4, 0.5) is 0 Å². The van der Waals surface area contributed by atoms with Crippen LogP contribution in [0.3, 0.4) is 0 Å². The summed E-state index contributed by atoms with van der Waals surface area (Å²) in [4.78, 5) is 0. The summed E-state index contributed by atoms with van der Waals surface area (Å²) in [5.41, 5.74) is 6.65. The maximum absolute atomic E-state index is 9.21. The molecule has 0 aromatic heterocycles. The highest BCUT2D eigenvalue weighted by molar-refractivity contribution is 5.34. The zero-order valence-corrected chi connectivity index (χ0v) is 6.64. The van der Waals surface area contributed by atoms with Crippen LogP contribution in [0, 0.1) is 11.8 Å². The molecular formula is C10H11NO. The second kappa shape index (κ2) is 2.55. The van der Waals surface area contributed by atoms with Crippen molar-refractivity contribution in [3.63, 3.8) is 0 Å². The number of rotatable bonds is 0. The van der Waals surface area contributed by atoms with E-state index in [4.69, 9.17) is 5.73 Å². The van der Waals surface area contributed by atoms with E-state index in [-0.39, 0.29) is 11.8 Å². The molecule has 0 heterocycles. The van der Waals surface area contributed by atoms with Crippen LogP contribution in [-0.2, 0) is 0 Å². The Bertz CT molecular complexity index is 310. The molecule has 2 atom stereocenters. The third-order valence-electron chi connectivity index (χ3n) is 2.26. The molecule has 2 aliphatic rings. The second-order valence-electron chi connectivity index (χ2n) is 3.11. The number of hydrogen-bond acceptors (Lipinski definition) is 2. The normalized spacial score (nSPS) is 32.3. The average molecular weight is 161 g/mol. The van der Waals surface area contributed by atoms with Gasteiger partial charge in [0, 0.05) is 17.5 Å². The number of nitrogens with two attached hydrogens (primary N) is 1. The van der Waals surface area contributed by atoms with Crippen molar-refractivity contribution in [2.45, 2.75) is 0 Å². The van der Waals surface area contributed by atoms with Crippen molar-refractivity contribution in [2.75, 3.05) is 0 Å². The third-order valence-corrected chi connectivity index (χ3v) is 2.26. The predicted octanol–water partition coefficient (Wildman–Crippen LogP) is 1.64. The van der Waals surface area contributed by atoms with E-state index in [0.717, 1.165) is 5.70 Å². The second-order valence-corrected chi connectivity index (χ2v) is 3.11. The largest absolute Gasteiger partial charge is 0.508 e. The number of aliphatic hydroxyl groups excluding tert-OH is 1. The maximum Gasteiger partial charge on any atom is 0.111 e. The van der Waals surface area contributed by atoms with Crippen molar-refractivity contribution < 1.29 is 5.11 Å². The van der Waals surface area contributed by atoms with Gasteiger partial charge in [0.1, 0.15) is 5.76 Å². The van der Waals surface area contributed by atoms with E-state index in [1.165, 1.54) is 0 Å². The van der Waals surface area contributed by atoms with Crippen molar-refractivity contribution >= 4 is 0 Å². The first kappa shape index (κ1) is 7.22. The summed E-state index contributed by atoms with van der Waals surface area (Å²) in [6, 6.07) is 0. The molecule has 2 nitrogen and oxygen atoms in total. The Morgan fingerprint density at radius 3 is 3.00 bits per heavy atom. The summed E-state index contributed by atoms with van der Waals surface area (Å²) in [5, 5.41) is 9.21. The van der Waals surface area contributed by atoms with Crippen LogP contribution in [0.2, 0.25) is 0 Å². The SMILES string of the molecule is NC1=CC=CC2C=C(O)C=CC12. The van der Waals surface area contributed by atoms with Gasteiger partial charge < -0.3 is 10.8 Å². The monoisotopic (exact) mass is 161 g/mol. The van der Waals surface area contributed by atoms with Crippen molar-refractivity contribution in [3.8, 4) is 0 Å². The molecule has 0 spiro atoms. The fraction of sp³-hybridized carbons (Fsp3) is 0.200. The average Bonchev–Trinajstić information content (AvgIpc) is 2.04. The first-order valence-electron chi connectivity index (χ1n) is 4.00. The molecule has 2 heteroatoms. The highest BCUT2D eigenvalue weighted by atomic mass is 16.3. The molecule has 2 aliphatic carbocycles. The van der Waals surface area contributed by atoms with Gasteiger partial charge in [0.05, 0.1) is 0 Å². The molecule has 2 rings (SSSR count). The summed E-state index contributed by atoms with van der Waals surface area (Å²) >= 11 is 0. The van der Waals surface area contributed by atoms with Crippen LogP contribution in [-0.4, -0.2) is 5.11 Å². The number of allylic oxidation sites excluding steroid dienone is 6. The summed E-state index contributed by atoms with van der Waals surface area (Å²) in [5.74, 6) is 0.807. The summed E-state index contributed by atoms with van der Waals surface area (Å²) in [6.07, 6.45) is 11.3. The molecule has 0 bridgehead atoms. The minimum absolute atomic E-state index is 0.236. The highest BCUT2D eigenvalue weighted by Crippen LogP contribution is 2.29. The van der Waals surface area contributed by atoms with Gasteiger partial charge in [-0.05, 0) is 18.2 Å². The van der Waals surface area contributed by atoms with Crippen LogP contribution < -0.4 is 5.73 Å². The molecule has 3 N–H and O–H groups in total. The van der Waals surface area contributed by atoms with Crippen LogP contribution in [0.25, 0.3) is 0 Å². The molecule has 62 valence electrons. The molecule has 0 aromatic rings. The van der Waals surface area contributed by atoms with Crippen molar-refractivity contribution in [3.05, 3.63) is 47.9 Å². The molecular weight excluding hydrogens is 150 g/mol. The molecule has 0 radical (unpaired) electrons. The van der Waals surface area contributed by atoms with Crippen molar-refractivity contribution in [1.29, 1.82) is 0 Å². The van der Waals surface area contributed by atoms with Crippen LogP contribution in [0.1, 0.15) is 0 Å². The Morgan fingerprint density at radius 1 is 1.33 bits per heavy atom. The van der Waals surface area contributed by atoms with Gasteiger partial charge in [0.2, 0.25) is 0 Å². The van der Waals surface area contributed by atoms with E-state index in [1.807, 2.05) is 30.4 Å². The minimum atomic E-state index is 0.236. The predicted molar refractivity (Wildman–Crippen MR) is 48.2 cm³/mol. The first-order valence-corrected chi connectivity index (χ1v) is 4.00. The fourth-order valence-electron chi connectivity index (χ4n) is 1.60. The quantitative estimate of drug-likeness (QED) is 0.567. The van der Waals surface area contributed by atoms with Crippen molar-refractivity contribution in [2.24, 2.45) is 17.6 Å². The van der Waals surface area contributed by atoms with Crippen LogP contribution >= 0.6 is 0 Å². The number of fused-ring (bicyclic) bond motifs is 1. The van der Waals surface area contributed by atoms with Gasteiger partial charge in [-0.2, -0.15) is 0 Å². The standard InChI is InChI=1S/C10H11NO/c11-10-3-1-2-7-6-8(12)4-5-9(7)10/h1-7,9,12H,11H2. The van der Waals surface area contributed by atoms with Gasteiger partial charge in [0.25, 0.3) is 0 Å². The topological polar surface area (TPSA) is 46.2 Å². The van der Waals surface area contributed by atoms with Gasteiger partial charge in [-0.15, -0.1) is 0 Å². The number of aliphatic hydroxyl groups is 1. The molecule has 12 heavy (non-hydrogen) atoms. The molecule has 0 amide bonds. The Hall–Kier alpha value is -1.44. The highest BCUT2D eigenvalue weighted by Gasteiger charge is 2.22. The fourth-order valence-corrected chi connectivity index (χ4v) is 1.60. The maximum atomic E-state index is 9.21. The molecule has 0 saturated carbocycles. The van der Waals surface area contributed by atoms with Gasteiger partial charge in [0.15, 0.2) is 0 Å². The summed E-state index contributed by atoms with van der Waals surface area (Å²) in [6.45, 7) is 0. The minimum Gasteiger partial charge on any atom is -0.508 e. The lowest BCUT2D eigenvalue weighted by molar-refractivity contribution is 0.414. The van der Waals surface area contributed by atoms with Crippen LogP contribution in [0.15, 0.2) is 47.9 Å². The Kier molecular flexibility index (Phi) is 1.54. The van der Waals surface area contributed by atoms with Gasteiger partial charge in [-0.25, -0.2) is 0 Å². The van der Waals surface area contributed by atoms with E-state index >= 15 is 0 Å². The Morgan fingerprint density at radius 2 is 2.17 bits per heavy atom. The molecule has 0 aliphatic heterocycles. The lowest BCUT2D eigenvalue weighted by atomic mass is 9.83. The lowest BCUT2D eigenvalue weighted by Crippen LogP contribution is -2.21. The van der Waals surface area contributed by atoms with Gasteiger partial charge in [-0.3, -0.25) is 0 Å². The zero-order valence-electron chi connectivity index (χ0n) is 6.64. The van der Waals surface area contributed by atoms with E-state index in [2.05, 4.69) is 0 Å². The van der Waals surface area contributed by atoms with E-state index in [1.54, 1.807) is 6.08 Å². The zero-order chi connectivity index (χ0) is 8.55.